The van der Waals surface area contributed by atoms with Crippen LogP contribution in [0.5, 0.6) is 0 Å². The van der Waals surface area contributed by atoms with Crippen LogP contribution in [0.15, 0.2) is 33.7 Å². The molecule has 0 bridgehead atoms. The SMILES string of the molecule is Nc1noc(C2CSc3ccccc32)n1. The van der Waals surface area contributed by atoms with E-state index in [1.165, 1.54) is 10.5 Å². The third-order valence-corrected chi connectivity index (χ3v) is 3.64. The van der Waals surface area contributed by atoms with Crippen LogP contribution in [0.3, 0.4) is 0 Å². The van der Waals surface area contributed by atoms with E-state index in [9.17, 15) is 0 Å². The minimum atomic E-state index is 0.191. The predicted octanol–water partition coefficient (Wildman–Crippen LogP) is 1.89. The van der Waals surface area contributed by atoms with Gasteiger partial charge in [0, 0.05) is 10.6 Å². The van der Waals surface area contributed by atoms with Crippen molar-refractivity contribution in [2.45, 2.75) is 10.8 Å². The zero-order valence-electron chi connectivity index (χ0n) is 7.88. The Hall–Kier alpha value is -1.49. The van der Waals surface area contributed by atoms with Gasteiger partial charge < -0.3 is 10.3 Å². The second-order valence-corrected chi connectivity index (χ2v) is 4.45. The Morgan fingerprint density at radius 1 is 1.40 bits per heavy atom. The topological polar surface area (TPSA) is 64.9 Å². The number of hydrogen-bond acceptors (Lipinski definition) is 5. The summed E-state index contributed by atoms with van der Waals surface area (Å²) in [6.45, 7) is 0. The lowest BCUT2D eigenvalue weighted by molar-refractivity contribution is 0.372. The number of fused-ring (bicyclic) bond motifs is 1. The maximum absolute atomic E-state index is 5.44. The van der Waals surface area contributed by atoms with Crippen molar-refractivity contribution >= 4 is 17.7 Å². The Labute approximate surface area is 90.9 Å². The van der Waals surface area contributed by atoms with Crippen molar-refractivity contribution in [3.8, 4) is 0 Å². The van der Waals surface area contributed by atoms with Gasteiger partial charge in [-0.15, -0.1) is 11.8 Å². The van der Waals surface area contributed by atoms with Gasteiger partial charge in [0.05, 0.1) is 5.92 Å². The lowest BCUT2D eigenvalue weighted by Crippen LogP contribution is -1.99. The molecule has 1 unspecified atom stereocenters. The van der Waals surface area contributed by atoms with Crippen LogP contribution in [-0.4, -0.2) is 15.9 Å². The first-order valence-electron chi connectivity index (χ1n) is 4.65. The fourth-order valence-electron chi connectivity index (χ4n) is 1.76. The van der Waals surface area contributed by atoms with E-state index < -0.39 is 0 Å². The van der Waals surface area contributed by atoms with E-state index in [2.05, 4.69) is 22.3 Å². The highest BCUT2D eigenvalue weighted by molar-refractivity contribution is 7.99. The summed E-state index contributed by atoms with van der Waals surface area (Å²) in [6.07, 6.45) is 0. The number of aromatic nitrogens is 2. The molecule has 0 saturated heterocycles. The summed E-state index contributed by atoms with van der Waals surface area (Å²) in [5.74, 6) is 1.96. The standard InChI is InChI=1S/C10H9N3OS/c11-10-12-9(14-13-10)7-5-15-8-4-2-1-3-6(7)8/h1-4,7H,5H2,(H2,11,13). The smallest absolute Gasteiger partial charge is 0.260 e. The van der Waals surface area contributed by atoms with Gasteiger partial charge in [0.15, 0.2) is 0 Å². The molecule has 1 atom stereocenters. The molecule has 1 aromatic heterocycles. The zero-order valence-corrected chi connectivity index (χ0v) is 8.70. The molecular formula is C10H9N3OS. The number of anilines is 1. The van der Waals surface area contributed by atoms with Crippen LogP contribution in [0, 0.1) is 0 Å². The molecule has 5 heteroatoms. The molecule has 2 heterocycles. The highest BCUT2D eigenvalue weighted by atomic mass is 32.2. The van der Waals surface area contributed by atoms with Gasteiger partial charge in [-0.3, -0.25) is 0 Å². The molecule has 0 aliphatic carbocycles. The second kappa shape index (κ2) is 3.27. The van der Waals surface area contributed by atoms with Gasteiger partial charge in [-0.05, 0) is 16.8 Å². The first-order valence-corrected chi connectivity index (χ1v) is 5.64. The van der Waals surface area contributed by atoms with Crippen molar-refractivity contribution in [3.05, 3.63) is 35.7 Å². The third kappa shape index (κ3) is 1.39. The van der Waals surface area contributed by atoms with Crippen molar-refractivity contribution in [2.24, 2.45) is 0 Å². The highest BCUT2D eigenvalue weighted by Crippen LogP contribution is 2.42. The van der Waals surface area contributed by atoms with Crippen molar-refractivity contribution in [3.63, 3.8) is 0 Å². The largest absolute Gasteiger partial charge is 0.365 e. The van der Waals surface area contributed by atoms with E-state index in [0.29, 0.717) is 5.89 Å². The Kier molecular flexibility index (Phi) is 1.92. The quantitative estimate of drug-likeness (QED) is 0.793. The van der Waals surface area contributed by atoms with Gasteiger partial charge in [-0.1, -0.05) is 18.2 Å². The van der Waals surface area contributed by atoms with Crippen molar-refractivity contribution in [2.75, 3.05) is 11.5 Å². The molecule has 0 radical (unpaired) electrons. The number of nitrogen functional groups attached to an aromatic ring is 1. The summed E-state index contributed by atoms with van der Waals surface area (Å²) < 4.78 is 5.11. The van der Waals surface area contributed by atoms with Crippen molar-refractivity contribution in [1.82, 2.24) is 10.1 Å². The summed E-state index contributed by atoms with van der Waals surface area (Å²) in [6, 6.07) is 8.27. The minimum absolute atomic E-state index is 0.191. The molecule has 0 fully saturated rings. The molecule has 4 nitrogen and oxygen atoms in total. The zero-order chi connectivity index (χ0) is 10.3. The van der Waals surface area contributed by atoms with Gasteiger partial charge in [-0.2, -0.15) is 4.98 Å². The first-order chi connectivity index (χ1) is 7.34. The van der Waals surface area contributed by atoms with Crippen LogP contribution in [0.2, 0.25) is 0 Å². The number of nitrogens with two attached hydrogens (primary N) is 1. The van der Waals surface area contributed by atoms with Crippen molar-refractivity contribution < 1.29 is 4.52 Å². The van der Waals surface area contributed by atoms with Crippen LogP contribution < -0.4 is 5.73 Å². The van der Waals surface area contributed by atoms with Gasteiger partial charge >= 0.3 is 0 Å². The summed E-state index contributed by atoms with van der Waals surface area (Å²) >= 11 is 1.81. The van der Waals surface area contributed by atoms with E-state index in [1.807, 2.05) is 23.9 Å². The predicted molar refractivity (Wildman–Crippen MR) is 57.7 cm³/mol. The lowest BCUT2D eigenvalue weighted by atomic mass is 10.0. The molecule has 2 aromatic rings. The summed E-state index contributed by atoms with van der Waals surface area (Å²) in [7, 11) is 0. The fraction of sp³-hybridized carbons (Fsp3) is 0.200. The van der Waals surface area contributed by atoms with E-state index >= 15 is 0 Å². The molecule has 1 aliphatic rings. The summed E-state index contributed by atoms with van der Waals surface area (Å²) in [5.41, 5.74) is 6.70. The van der Waals surface area contributed by atoms with Crippen LogP contribution in [0.25, 0.3) is 0 Å². The fourth-order valence-corrected chi connectivity index (χ4v) is 2.98. The Balaban J connectivity index is 2.04. The number of nitrogens with zero attached hydrogens (tertiary/aromatic N) is 2. The normalized spacial score (nSPS) is 19.1. The highest BCUT2D eigenvalue weighted by Gasteiger charge is 2.28. The number of thioether (sulfide) groups is 1. The van der Waals surface area contributed by atoms with E-state index in [0.717, 1.165) is 5.75 Å². The van der Waals surface area contributed by atoms with E-state index in [-0.39, 0.29) is 11.9 Å². The summed E-state index contributed by atoms with van der Waals surface area (Å²) in [5, 5.41) is 3.62. The van der Waals surface area contributed by atoms with Gasteiger partial charge in [-0.25, -0.2) is 0 Å². The maximum atomic E-state index is 5.44. The molecular weight excluding hydrogens is 210 g/mol. The molecule has 1 aromatic carbocycles. The van der Waals surface area contributed by atoms with Gasteiger partial charge in [0.25, 0.3) is 5.95 Å². The van der Waals surface area contributed by atoms with Crippen LogP contribution in [0.4, 0.5) is 5.95 Å². The Morgan fingerprint density at radius 2 is 2.27 bits per heavy atom. The van der Waals surface area contributed by atoms with Crippen LogP contribution in [-0.2, 0) is 0 Å². The van der Waals surface area contributed by atoms with Crippen LogP contribution >= 0.6 is 11.8 Å². The molecule has 1 aliphatic heterocycles. The number of benzene rings is 1. The van der Waals surface area contributed by atoms with Crippen molar-refractivity contribution in [1.29, 1.82) is 0 Å². The molecule has 2 N–H and O–H groups in total. The van der Waals surface area contributed by atoms with E-state index in [4.69, 9.17) is 10.3 Å². The van der Waals surface area contributed by atoms with Gasteiger partial charge in [0.1, 0.15) is 0 Å². The van der Waals surface area contributed by atoms with Gasteiger partial charge in [0.2, 0.25) is 5.89 Å². The Bertz CT molecular complexity index is 497. The minimum Gasteiger partial charge on any atom is -0.365 e. The third-order valence-electron chi connectivity index (χ3n) is 2.46. The molecule has 0 spiro atoms. The molecule has 15 heavy (non-hydrogen) atoms. The Morgan fingerprint density at radius 3 is 3.07 bits per heavy atom. The molecule has 76 valence electrons. The first kappa shape index (κ1) is 8.79. The van der Waals surface area contributed by atoms with E-state index in [1.54, 1.807) is 0 Å². The summed E-state index contributed by atoms with van der Waals surface area (Å²) in [4.78, 5) is 5.37. The maximum Gasteiger partial charge on any atom is 0.260 e. The number of hydrogen-bond donors (Lipinski definition) is 1. The monoisotopic (exact) mass is 219 g/mol. The molecule has 0 amide bonds. The average Bonchev–Trinajstić information content (AvgIpc) is 2.83. The second-order valence-electron chi connectivity index (χ2n) is 3.39. The number of rotatable bonds is 1. The lowest BCUT2D eigenvalue weighted by Gasteiger charge is -2.03. The average molecular weight is 219 g/mol. The van der Waals surface area contributed by atoms with Crippen LogP contribution in [0.1, 0.15) is 17.4 Å². The molecule has 3 rings (SSSR count). The molecule has 0 saturated carbocycles.